The number of carbonyl (C=O) groups is 3. The molecule has 0 aromatic heterocycles. The second-order valence-electron chi connectivity index (χ2n) is 19.2. The third-order valence-electron chi connectivity index (χ3n) is 12.4. The van der Waals surface area contributed by atoms with Gasteiger partial charge in [0.2, 0.25) is 0 Å². The second kappa shape index (κ2) is 57.2. The number of allylic oxidation sites excluding steroid dienone is 14. The Kier molecular flexibility index (Phi) is 54.3. The highest BCUT2D eigenvalue weighted by atomic mass is 16.6. The lowest BCUT2D eigenvalue weighted by molar-refractivity contribution is -0.167. The summed E-state index contributed by atoms with van der Waals surface area (Å²) >= 11 is 0. The fourth-order valence-corrected chi connectivity index (χ4v) is 7.99. The zero-order chi connectivity index (χ0) is 50.0. The van der Waals surface area contributed by atoms with Crippen molar-refractivity contribution in [3.05, 3.63) is 85.1 Å². The number of unbranched alkanes of at least 4 members (excludes halogenated alkanes) is 27. The van der Waals surface area contributed by atoms with Gasteiger partial charge < -0.3 is 14.2 Å². The summed E-state index contributed by atoms with van der Waals surface area (Å²) in [4.78, 5) is 38.2. The van der Waals surface area contributed by atoms with Crippen LogP contribution < -0.4 is 0 Å². The molecule has 0 spiro atoms. The highest BCUT2D eigenvalue weighted by Crippen LogP contribution is 2.15. The SMILES string of the molecule is CC/C=C\C/C=C\C/C=C\CCCCCCCC(=O)OC(COC(=O)CCCCCCC/C=C\C/C=C\CCCCC)COC(=O)CCCCCCCCCCC/C=C\C/C=C\CCCCCCC. The number of hydrogen-bond donors (Lipinski definition) is 0. The Hall–Kier alpha value is -3.41. The van der Waals surface area contributed by atoms with Gasteiger partial charge in [0.1, 0.15) is 13.2 Å². The Labute approximate surface area is 426 Å². The van der Waals surface area contributed by atoms with Gasteiger partial charge in [-0.2, -0.15) is 0 Å². The largest absolute Gasteiger partial charge is 0.462 e. The molecular formula is C63H108O6. The summed E-state index contributed by atoms with van der Waals surface area (Å²) in [6, 6.07) is 0. The smallest absolute Gasteiger partial charge is 0.306 e. The molecule has 0 aliphatic rings. The van der Waals surface area contributed by atoms with E-state index in [-0.39, 0.29) is 31.1 Å². The summed E-state index contributed by atoms with van der Waals surface area (Å²) in [5.74, 6) is -0.920. The van der Waals surface area contributed by atoms with Gasteiger partial charge in [0.05, 0.1) is 0 Å². The molecule has 69 heavy (non-hydrogen) atoms. The molecule has 0 aliphatic heterocycles. The molecule has 0 heterocycles. The molecule has 0 rings (SSSR count). The highest BCUT2D eigenvalue weighted by Gasteiger charge is 2.19. The lowest BCUT2D eigenvalue weighted by Gasteiger charge is -2.18. The highest BCUT2D eigenvalue weighted by molar-refractivity contribution is 5.71. The van der Waals surface area contributed by atoms with E-state index in [0.29, 0.717) is 19.3 Å². The predicted octanol–water partition coefficient (Wildman–Crippen LogP) is 19.5. The minimum Gasteiger partial charge on any atom is -0.462 e. The van der Waals surface area contributed by atoms with E-state index in [9.17, 15) is 14.4 Å². The van der Waals surface area contributed by atoms with Crippen molar-refractivity contribution in [1.82, 2.24) is 0 Å². The summed E-state index contributed by atoms with van der Waals surface area (Å²) in [6.07, 6.45) is 74.3. The maximum Gasteiger partial charge on any atom is 0.306 e. The van der Waals surface area contributed by atoms with Crippen LogP contribution in [-0.4, -0.2) is 37.2 Å². The molecule has 0 saturated carbocycles. The quantitative estimate of drug-likeness (QED) is 0.0262. The maximum absolute atomic E-state index is 12.8. The first-order valence-electron chi connectivity index (χ1n) is 29.1. The normalized spacial score (nSPS) is 12.7. The van der Waals surface area contributed by atoms with E-state index >= 15 is 0 Å². The zero-order valence-electron chi connectivity index (χ0n) is 45.3. The summed E-state index contributed by atoms with van der Waals surface area (Å²) in [7, 11) is 0. The van der Waals surface area contributed by atoms with Gasteiger partial charge in [-0.05, 0) is 116 Å². The van der Waals surface area contributed by atoms with Crippen LogP contribution in [0.4, 0.5) is 0 Å². The van der Waals surface area contributed by atoms with Crippen LogP contribution in [0, 0.1) is 0 Å². The molecule has 0 amide bonds. The minimum atomic E-state index is -0.794. The third kappa shape index (κ3) is 55.4. The van der Waals surface area contributed by atoms with Crippen LogP contribution in [0.5, 0.6) is 0 Å². The number of rotatable bonds is 52. The van der Waals surface area contributed by atoms with Crippen LogP contribution >= 0.6 is 0 Å². The first-order chi connectivity index (χ1) is 34.0. The van der Waals surface area contributed by atoms with E-state index in [4.69, 9.17) is 14.2 Å². The Morgan fingerprint density at radius 3 is 0.913 bits per heavy atom. The van der Waals surface area contributed by atoms with Gasteiger partial charge in [-0.25, -0.2) is 0 Å². The summed E-state index contributed by atoms with van der Waals surface area (Å²) in [6.45, 7) is 6.47. The van der Waals surface area contributed by atoms with Crippen molar-refractivity contribution in [2.45, 2.75) is 284 Å². The van der Waals surface area contributed by atoms with Gasteiger partial charge in [-0.15, -0.1) is 0 Å². The first-order valence-corrected chi connectivity index (χ1v) is 29.1. The lowest BCUT2D eigenvalue weighted by Crippen LogP contribution is -2.30. The van der Waals surface area contributed by atoms with Crippen LogP contribution in [-0.2, 0) is 28.6 Å². The van der Waals surface area contributed by atoms with Crippen molar-refractivity contribution in [1.29, 1.82) is 0 Å². The van der Waals surface area contributed by atoms with Gasteiger partial charge >= 0.3 is 17.9 Å². The van der Waals surface area contributed by atoms with E-state index in [2.05, 4.69) is 106 Å². The molecule has 0 saturated heterocycles. The first kappa shape index (κ1) is 65.6. The molecule has 1 unspecified atom stereocenters. The van der Waals surface area contributed by atoms with E-state index in [0.717, 1.165) is 128 Å². The van der Waals surface area contributed by atoms with Crippen molar-refractivity contribution in [3.8, 4) is 0 Å². The Balaban J connectivity index is 4.40. The fraction of sp³-hybridized carbons (Fsp3) is 0.730. The topological polar surface area (TPSA) is 78.9 Å². The van der Waals surface area contributed by atoms with Crippen molar-refractivity contribution in [2.75, 3.05) is 13.2 Å². The van der Waals surface area contributed by atoms with Gasteiger partial charge in [0.15, 0.2) is 6.10 Å². The molecule has 1 atom stereocenters. The molecular weight excluding hydrogens is 853 g/mol. The Morgan fingerprint density at radius 1 is 0.304 bits per heavy atom. The average molecular weight is 962 g/mol. The van der Waals surface area contributed by atoms with Crippen molar-refractivity contribution >= 4 is 17.9 Å². The Morgan fingerprint density at radius 2 is 0.565 bits per heavy atom. The van der Waals surface area contributed by atoms with Gasteiger partial charge in [0.25, 0.3) is 0 Å². The fourth-order valence-electron chi connectivity index (χ4n) is 7.99. The van der Waals surface area contributed by atoms with E-state index in [1.807, 2.05) is 0 Å². The molecule has 0 fully saturated rings. The third-order valence-corrected chi connectivity index (χ3v) is 12.4. The van der Waals surface area contributed by atoms with Crippen molar-refractivity contribution in [2.24, 2.45) is 0 Å². The maximum atomic E-state index is 12.8. The summed E-state index contributed by atoms with van der Waals surface area (Å²) < 4.78 is 16.8. The van der Waals surface area contributed by atoms with Crippen LogP contribution in [0.3, 0.4) is 0 Å². The van der Waals surface area contributed by atoms with Crippen molar-refractivity contribution < 1.29 is 28.6 Å². The standard InChI is InChI=1S/C63H108O6/c1-4-7-10-13-16-19-22-25-28-29-30-31-32-33-36-38-41-44-47-50-53-56-62(65)68-59-60(69-63(66)57-54-51-48-45-42-39-35-27-24-21-18-15-12-9-6-3)58-67-61(64)55-52-49-46-43-40-37-34-26-23-20-17-14-11-8-5-2/h9,12,17-18,20-22,25-27,29-30,34-35,60H,4-8,10-11,13-16,19,23-24,28,31-33,36-59H2,1-3H3/b12-9-,20-17-,21-18-,25-22-,30-29-,34-26-,35-27-. The van der Waals surface area contributed by atoms with Crippen LogP contribution in [0.25, 0.3) is 0 Å². The van der Waals surface area contributed by atoms with Gasteiger partial charge in [0, 0.05) is 19.3 Å². The van der Waals surface area contributed by atoms with Crippen LogP contribution in [0.2, 0.25) is 0 Å². The van der Waals surface area contributed by atoms with E-state index < -0.39 is 6.10 Å². The monoisotopic (exact) mass is 961 g/mol. The number of ether oxygens (including phenoxy) is 3. The van der Waals surface area contributed by atoms with Gasteiger partial charge in [-0.3, -0.25) is 14.4 Å². The predicted molar refractivity (Wildman–Crippen MR) is 297 cm³/mol. The molecule has 396 valence electrons. The minimum absolute atomic E-state index is 0.0904. The molecule has 0 bridgehead atoms. The molecule has 6 nitrogen and oxygen atoms in total. The molecule has 0 aromatic carbocycles. The average Bonchev–Trinajstić information content (AvgIpc) is 3.35. The zero-order valence-corrected chi connectivity index (χ0v) is 45.3. The summed E-state index contributed by atoms with van der Waals surface area (Å²) in [5.41, 5.74) is 0. The number of hydrogen-bond acceptors (Lipinski definition) is 6. The van der Waals surface area contributed by atoms with E-state index in [1.54, 1.807) is 0 Å². The van der Waals surface area contributed by atoms with Crippen molar-refractivity contribution in [3.63, 3.8) is 0 Å². The lowest BCUT2D eigenvalue weighted by atomic mass is 10.1. The molecule has 0 N–H and O–H groups in total. The van der Waals surface area contributed by atoms with Gasteiger partial charge in [-0.1, -0.05) is 228 Å². The molecule has 0 radical (unpaired) electrons. The molecule has 6 heteroatoms. The second-order valence-corrected chi connectivity index (χ2v) is 19.2. The van der Waals surface area contributed by atoms with E-state index in [1.165, 1.54) is 109 Å². The van der Waals surface area contributed by atoms with Crippen LogP contribution in [0.1, 0.15) is 278 Å². The molecule has 0 aliphatic carbocycles. The van der Waals surface area contributed by atoms with Crippen LogP contribution in [0.15, 0.2) is 85.1 Å². The number of esters is 3. The Bertz CT molecular complexity index is 1330. The summed E-state index contributed by atoms with van der Waals surface area (Å²) in [5, 5.41) is 0. The number of carbonyl (C=O) groups excluding carboxylic acids is 3. The molecule has 0 aromatic rings.